The predicted molar refractivity (Wildman–Crippen MR) is 135 cm³/mol. The first kappa shape index (κ1) is 26.5. The van der Waals surface area contributed by atoms with Gasteiger partial charge in [-0.1, -0.05) is 38.0 Å². The fourth-order valence-corrected chi connectivity index (χ4v) is 3.93. The minimum absolute atomic E-state index is 0.369. The zero-order valence-electron chi connectivity index (χ0n) is 20.4. The maximum absolute atomic E-state index is 12.5. The molecule has 1 fully saturated rings. The average molecular weight is 481 g/mol. The highest BCUT2D eigenvalue weighted by atomic mass is 16.5. The molecule has 0 radical (unpaired) electrons. The molecule has 0 aliphatic heterocycles. The van der Waals surface area contributed by atoms with Crippen molar-refractivity contribution in [3.05, 3.63) is 72.3 Å². The van der Waals surface area contributed by atoms with Gasteiger partial charge >= 0.3 is 11.9 Å². The number of benzene rings is 2. The Kier molecular flexibility index (Phi) is 11.3. The first-order valence-electron chi connectivity index (χ1n) is 12.6. The highest BCUT2D eigenvalue weighted by Crippen LogP contribution is 2.22. The second-order valence-electron chi connectivity index (χ2n) is 8.76. The summed E-state index contributed by atoms with van der Waals surface area (Å²) in [7, 11) is 0. The van der Waals surface area contributed by atoms with Gasteiger partial charge in [-0.3, -0.25) is 0 Å². The van der Waals surface area contributed by atoms with Gasteiger partial charge in [0.2, 0.25) is 0 Å². The van der Waals surface area contributed by atoms with E-state index in [0.717, 1.165) is 44.1 Å². The van der Waals surface area contributed by atoms with Gasteiger partial charge in [-0.05, 0) is 80.5 Å². The van der Waals surface area contributed by atoms with Gasteiger partial charge in [0.1, 0.15) is 11.5 Å². The molecular weight excluding hydrogens is 444 g/mol. The molecule has 188 valence electrons. The largest absolute Gasteiger partial charge is 0.494 e. The number of unbranched alkanes of at least 4 members (excludes halogenated alkanes) is 3. The highest BCUT2D eigenvalue weighted by molar-refractivity contribution is 5.91. The van der Waals surface area contributed by atoms with Crippen LogP contribution in [0.3, 0.4) is 0 Å². The summed E-state index contributed by atoms with van der Waals surface area (Å²) in [4.78, 5) is 23.4. The molecule has 0 atom stereocenters. The van der Waals surface area contributed by atoms with E-state index in [0.29, 0.717) is 43.0 Å². The Balaban J connectivity index is 1.32. The third-order valence-corrected chi connectivity index (χ3v) is 5.98. The Morgan fingerprint density at radius 1 is 0.829 bits per heavy atom. The molecule has 0 unspecified atom stereocenters. The van der Waals surface area contributed by atoms with Gasteiger partial charge in [-0.15, -0.1) is 0 Å². The number of carbonyl (C=O) groups excluding carboxylic acids is 2. The van der Waals surface area contributed by atoms with E-state index in [9.17, 15) is 9.59 Å². The Bertz CT molecular complexity index is 913. The monoisotopic (exact) mass is 480 g/mol. The van der Waals surface area contributed by atoms with E-state index in [4.69, 9.17) is 18.9 Å². The van der Waals surface area contributed by atoms with Crippen LogP contribution in [0.5, 0.6) is 11.5 Å². The molecule has 1 saturated carbocycles. The van der Waals surface area contributed by atoms with E-state index in [1.54, 1.807) is 36.4 Å². The average Bonchev–Trinajstić information content (AvgIpc) is 2.90. The van der Waals surface area contributed by atoms with Gasteiger partial charge in [0, 0.05) is 6.08 Å². The molecule has 0 amide bonds. The maximum atomic E-state index is 12.5. The van der Waals surface area contributed by atoms with E-state index >= 15 is 0 Å². The van der Waals surface area contributed by atoms with Crippen molar-refractivity contribution < 1.29 is 28.5 Å². The highest BCUT2D eigenvalue weighted by Gasteiger charge is 2.14. The molecule has 6 nitrogen and oxygen atoms in total. The predicted octanol–water partition coefficient (Wildman–Crippen LogP) is 6.42. The summed E-state index contributed by atoms with van der Waals surface area (Å²) in [5.74, 6) is 0.438. The smallest absolute Gasteiger partial charge is 0.343 e. The van der Waals surface area contributed by atoms with E-state index in [1.165, 1.54) is 25.3 Å². The summed E-state index contributed by atoms with van der Waals surface area (Å²) in [6.07, 6.45) is 11.3. The fourth-order valence-electron chi connectivity index (χ4n) is 3.93. The number of hydrogen-bond donors (Lipinski definition) is 0. The van der Waals surface area contributed by atoms with Gasteiger partial charge in [0.25, 0.3) is 0 Å². The minimum atomic E-state index is -0.403. The summed E-state index contributed by atoms with van der Waals surface area (Å²) < 4.78 is 22.2. The molecule has 1 aliphatic rings. The summed E-state index contributed by atoms with van der Waals surface area (Å²) >= 11 is 0. The zero-order valence-corrected chi connectivity index (χ0v) is 20.4. The quantitative estimate of drug-likeness (QED) is 0.134. The van der Waals surface area contributed by atoms with Gasteiger partial charge < -0.3 is 18.9 Å². The van der Waals surface area contributed by atoms with Crippen LogP contribution in [0.1, 0.15) is 73.7 Å². The number of rotatable bonds is 14. The summed E-state index contributed by atoms with van der Waals surface area (Å²) in [5, 5.41) is 0. The van der Waals surface area contributed by atoms with Crippen molar-refractivity contribution in [1.82, 2.24) is 0 Å². The second-order valence-corrected chi connectivity index (χ2v) is 8.76. The SMILES string of the molecule is C=CC(=O)OCCCCCCOc1ccc(C(=O)Oc2ccc(COC3CCCCC3)cc2)cc1. The molecule has 0 aromatic heterocycles. The molecule has 2 aromatic carbocycles. The van der Waals surface area contributed by atoms with Gasteiger partial charge in [0.05, 0.1) is 31.5 Å². The normalized spacial score (nSPS) is 13.7. The minimum Gasteiger partial charge on any atom is -0.494 e. The lowest BCUT2D eigenvalue weighted by Gasteiger charge is -2.22. The number of hydrogen-bond acceptors (Lipinski definition) is 6. The lowest BCUT2D eigenvalue weighted by molar-refractivity contribution is -0.137. The van der Waals surface area contributed by atoms with Crippen LogP contribution < -0.4 is 9.47 Å². The molecule has 0 heterocycles. The molecule has 0 spiro atoms. The Labute approximate surface area is 208 Å². The molecule has 1 aliphatic carbocycles. The Morgan fingerprint density at radius 3 is 2.17 bits per heavy atom. The summed E-state index contributed by atoms with van der Waals surface area (Å²) in [6.45, 7) is 4.96. The van der Waals surface area contributed by atoms with Crippen molar-refractivity contribution in [2.75, 3.05) is 13.2 Å². The molecule has 0 saturated heterocycles. The topological polar surface area (TPSA) is 71.1 Å². The Morgan fingerprint density at radius 2 is 1.49 bits per heavy atom. The second kappa shape index (κ2) is 15.0. The Hall–Kier alpha value is -3.12. The van der Waals surface area contributed by atoms with Crippen LogP contribution in [-0.2, 0) is 20.9 Å². The first-order chi connectivity index (χ1) is 17.1. The van der Waals surface area contributed by atoms with Crippen LogP contribution in [0, 0.1) is 0 Å². The number of esters is 2. The van der Waals surface area contributed by atoms with Crippen molar-refractivity contribution in [1.29, 1.82) is 0 Å². The standard InChI is InChI=1S/C29H36O6/c1-2-28(30)33-21-9-4-3-8-20-32-26-18-14-24(15-19-26)29(31)35-27-16-12-23(13-17-27)22-34-25-10-6-5-7-11-25/h2,12-19,25H,1,3-11,20-22H2. The lowest BCUT2D eigenvalue weighted by atomic mass is 9.98. The molecule has 2 aromatic rings. The van der Waals surface area contributed by atoms with Crippen molar-refractivity contribution in [2.45, 2.75) is 70.5 Å². The molecule has 35 heavy (non-hydrogen) atoms. The molecule has 0 bridgehead atoms. The molecule has 0 N–H and O–H groups in total. The van der Waals surface area contributed by atoms with E-state index in [-0.39, 0.29) is 5.97 Å². The van der Waals surface area contributed by atoms with Crippen LogP contribution in [0.15, 0.2) is 61.2 Å². The van der Waals surface area contributed by atoms with Crippen LogP contribution in [0.2, 0.25) is 0 Å². The third-order valence-electron chi connectivity index (χ3n) is 5.98. The van der Waals surface area contributed by atoms with E-state index in [2.05, 4.69) is 6.58 Å². The van der Waals surface area contributed by atoms with E-state index in [1.807, 2.05) is 12.1 Å². The molecule has 6 heteroatoms. The van der Waals surface area contributed by atoms with Crippen LogP contribution in [0.4, 0.5) is 0 Å². The molecular formula is C29H36O6. The van der Waals surface area contributed by atoms with Crippen molar-refractivity contribution in [3.8, 4) is 11.5 Å². The van der Waals surface area contributed by atoms with Crippen LogP contribution in [-0.4, -0.2) is 31.3 Å². The molecule has 3 rings (SSSR count). The van der Waals surface area contributed by atoms with Gasteiger partial charge in [0.15, 0.2) is 0 Å². The van der Waals surface area contributed by atoms with Crippen LogP contribution >= 0.6 is 0 Å². The van der Waals surface area contributed by atoms with Crippen LogP contribution in [0.25, 0.3) is 0 Å². The van der Waals surface area contributed by atoms with Crippen molar-refractivity contribution in [3.63, 3.8) is 0 Å². The maximum Gasteiger partial charge on any atom is 0.343 e. The third kappa shape index (κ3) is 9.95. The number of ether oxygens (including phenoxy) is 4. The summed E-state index contributed by atoms with van der Waals surface area (Å²) in [6, 6.07) is 14.5. The fraction of sp³-hybridized carbons (Fsp3) is 0.448. The van der Waals surface area contributed by atoms with E-state index < -0.39 is 5.97 Å². The van der Waals surface area contributed by atoms with Gasteiger partial charge in [-0.2, -0.15) is 0 Å². The van der Waals surface area contributed by atoms with Crippen molar-refractivity contribution in [2.24, 2.45) is 0 Å². The number of carbonyl (C=O) groups is 2. The first-order valence-corrected chi connectivity index (χ1v) is 12.6. The zero-order chi connectivity index (χ0) is 24.7. The van der Waals surface area contributed by atoms with Crippen molar-refractivity contribution >= 4 is 11.9 Å². The lowest BCUT2D eigenvalue weighted by Crippen LogP contribution is -2.16. The summed E-state index contributed by atoms with van der Waals surface area (Å²) in [5.41, 5.74) is 1.55. The van der Waals surface area contributed by atoms with Gasteiger partial charge in [-0.25, -0.2) is 9.59 Å².